The van der Waals surface area contributed by atoms with Crippen LogP contribution in [-0.4, -0.2) is 75.4 Å². The molecule has 0 saturated carbocycles. The van der Waals surface area contributed by atoms with Crippen molar-refractivity contribution < 1.29 is 14.4 Å². The Hall–Kier alpha value is -4.01. The van der Waals surface area contributed by atoms with Crippen molar-refractivity contribution in [3.8, 4) is 11.3 Å². The summed E-state index contributed by atoms with van der Waals surface area (Å²) >= 11 is 0. The van der Waals surface area contributed by atoms with Crippen LogP contribution in [-0.2, 0) is 4.79 Å². The van der Waals surface area contributed by atoms with Crippen LogP contribution in [0.15, 0.2) is 60.9 Å². The number of rotatable bonds is 5. The van der Waals surface area contributed by atoms with Crippen molar-refractivity contribution in [1.29, 1.82) is 0 Å². The van der Waals surface area contributed by atoms with Crippen molar-refractivity contribution in [2.75, 3.05) is 32.7 Å². The molecule has 2 N–H and O–H groups in total. The molecule has 0 atom stereocenters. The number of piperazine rings is 1. The molecule has 0 bridgehead atoms. The summed E-state index contributed by atoms with van der Waals surface area (Å²) in [6.07, 6.45) is 3.34. The molecule has 1 aromatic carbocycles. The van der Waals surface area contributed by atoms with Crippen LogP contribution in [0.25, 0.3) is 11.3 Å². The molecule has 9 heteroatoms. The molecule has 0 aliphatic carbocycles. The first-order valence-corrected chi connectivity index (χ1v) is 9.98. The number of carbonyl (C=O) groups excluding carboxylic acids is 3. The van der Waals surface area contributed by atoms with Crippen LogP contribution in [0.3, 0.4) is 0 Å². The summed E-state index contributed by atoms with van der Waals surface area (Å²) < 4.78 is 0. The van der Waals surface area contributed by atoms with Crippen LogP contribution in [0.1, 0.15) is 20.8 Å². The van der Waals surface area contributed by atoms with Crippen LogP contribution in [0.5, 0.6) is 0 Å². The van der Waals surface area contributed by atoms with Crippen molar-refractivity contribution in [2.24, 2.45) is 0 Å². The Morgan fingerprint density at radius 2 is 1.61 bits per heavy atom. The summed E-state index contributed by atoms with van der Waals surface area (Å²) in [5.41, 5.74) is 2.46. The van der Waals surface area contributed by atoms with Gasteiger partial charge in [-0.1, -0.05) is 18.2 Å². The van der Waals surface area contributed by atoms with Crippen molar-refractivity contribution >= 4 is 17.7 Å². The number of H-pyrrole nitrogens is 1. The first-order valence-electron chi connectivity index (χ1n) is 9.98. The molecule has 3 heterocycles. The lowest BCUT2D eigenvalue weighted by Crippen LogP contribution is -2.52. The van der Waals surface area contributed by atoms with Crippen molar-refractivity contribution in [1.82, 2.24) is 30.3 Å². The molecule has 0 unspecified atom stereocenters. The number of benzene rings is 1. The molecular formula is C22H22N6O3. The van der Waals surface area contributed by atoms with E-state index in [0.29, 0.717) is 43.1 Å². The highest BCUT2D eigenvalue weighted by Crippen LogP contribution is 2.17. The Kier molecular flexibility index (Phi) is 6.02. The van der Waals surface area contributed by atoms with Gasteiger partial charge in [0.25, 0.3) is 11.8 Å². The average molecular weight is 418 g/mol. The SMILES string of the molecule is O=C(NCC(=O)N1CCN(C(=O)c2cc(-c3ccncc3)n[nH]2)CC1)c1ccccc1. The molecule has 3 amide bonds. The summed E-state index contributed by atoms with van der Waals surface area (Å²) in [7, 11) is 0. The minimum Gasteiger partial charge on any atom is -0.343 e. The third-order valence-corrected chi connectivity index (χ3v) is 5.14. The number of hydrogen-bond donors (Lipinski definition) is 2. The lowest BCUT2D eigenvalue weighted by atomic mass is 10.2. The summed E-state index contributed by atoms with van der Waals surface area (Å²) in [5.74, 6) is -0.609. The Morgan fingerprint density at radius 3 is 2.32 bits per heavy atom. The van der Waals surface area contributed by atoms with E-state index in [1.54, 1.807) is 52.5 Å². The Balaban J connectivity index is 1.27. The maximum absolute atomic E-state index is 12.8. The molecule has 0 spiro atoms. The molecule has 0 radical (unpaired) electrons. The zero-order valence-corrected chi connectivity index (χ0v) is 16.8. The second-order valence-corrected chi connectivity index (χ2v) is 7.12. The van der Waals surface area contributed by atoms with Crippen LogP contribution in [0.2, 0.25) is 0 Å². The van der Waals surface area contributed by atoms with E-state index in [1.165, 1.54) is 0 Å². The zero-order chi connectivity index (χ0) is 21.6. The van der Waals surface area contributed by atoms with Gasteiger partial charge in [0.1, 0.15) is 5.69 Å². The number of aromatic nitrogens is 3. The molecular weight excluding hydrogens is 396 g/mol. The fourth-order valence-electron chi connectivity index (χ4n) is 3.39. The van der Waals surface area contributed by atoms with Crippen LogP contribution in [0, 0.1) is 0 Å². The van der Waals surface area contributed by atoms with Gasteiger partial charge in [-0.15, -0.1) is 0 Å². The Bertz CT molecular complexity index is 1060. The highest BCUT2D eigenvalue weighted by atomic mass is 16.2. The quantitative estimate of drug-likeness (QED) is 0.647. The predicted molar refractivity (Wildman–Crippen MR) is 113 cm³/mol. The van der Waals surface area contributed by atoms with Gasteiger partial charge < -0.3 is 15.1 Å². The molecule has 1 saturated heterocycles. The molecule has 31 heavy (non-hydrogen) atoms. The number of pyridine rings is 1. The fraction of sp³-hybridized carbons (Fsp3) is 0.227. The van der Waals surface area contributed by atoms with Gasteiger partial charge in [0, 0.05) is 49.7 Å². The highest BCUT2D eigenvalue weighted by molar-refractivity contribution is 5.96. The second-order valence-electron chi connectivity index (χ2n) is 7.12. The Labute approximate surface area is 179 Å². The van der Waals surface area contributed by atoms with Gasteiger partial charge in [-0.3, -0.25) is 24.5 Å². The third kappa shape index (κ3) is 4.77. The monoisotopic (exact) mass is 418 g/mol. The van der Waals surface area contributed by atoms with E-state index < -0.39 is 0 Å². The van der Waals surface area contributed by atoms with Gasteiger partial charge in [-0.05, 0) is 30.3 Å². The summed E-state index contributed by atoms with van der Waals surface area (Å²) in [4.78, 5) is 44.6. The highest BCUT2D eigenvalue weighted by Gasteiger charge is 2.26. The third-order valence-electron chi connectivity index (χ3n) is 5.14. The fourth-order valence-corrected chi connectivity index (χ4v) is 3.39. The first-order chi connectivity index (χ1) is 15.1. The zero-order valence-electron chi connectivity index (χ0n) is 16.8. The van der Waals surface area contributed by atoms with Crippen molar-refractivity contribution in [3.05, 3.63) is 72.2 Å². The number of aromatic amines is 1. The first kappa shape index (κ1) is 20.3. The van der Waals surface area contributed by atoms with E-state index in [-0.39, 0.29) is 24.3 Å². The molecule has 1 aliphatic rings. The maximum Gasteiger partial charge on any atom is 0.272 e. The normalized spacial score (nSPS) is 13.7. The van der Waals surface area contributed by atoms with Gasteiger partial charge in [0.2, 0.25) is 5.91 Å². The van der Waals surface area contributed by atoms with E-state index in [1.807, 2.05) is 18.2 Å². The van der Waals surface area contributed by atoms with Crippen LogP contribution in [0.4, 0.5) is 0 Å². The smallest absolute Gasteiger partial charge is 0.272 e. The van der Waals surface area contributed by atoms with Gasteiger partial charge in [0.15, 0.2) is 0 Å². The number of amides is 3. The minimum atomic E-state index is -0.285. The maximum atomic E-state index is 12.8. The Morgan fingerprint density at radius 1 is 0.935 bits per heavy atom. The average Bonchev–Trinajstić information content (AvgIpc) is 3.33. The van der Waals surface area contributed by atoms with Gasteiger partial charge in [-0.25, -0.2) is 0 Å². The minimum absolute atomic E-state index is 0.0719. The van der Waals surface area contributed by atoms with Crippen molar-refractivity contribution in [2.45, 2.75) is 0 Å². The number of nitrogens with zero attached hydrogens (tertiary/aromatic N) is 4. The van der Waals surface area contributed by atoms with E-state index in [9.17, 15) is 14.4 Å². The largest absolute Gasteiger partial charge is 0.343 e. The van der Waals surface area contributed by atoms with Gasteiger partial charge in [0.05, 0.1) is 12.2 Å². The predicted octanol–water partition coefficient (Wildman–Crippen LogP) is 1.19. The molecule has 2 aromatic heterocycles. The van der Waals surface area contributed by atoms with E-state index >= 15 is 0 Å². The second kappa shape index (κ2) is 9.21. The number of nitrogens with one attached hydrogen (secondary N) is 2. The molecule has 4 rings (SSSR count). The van der Waals surface area contributed by atoms with Gasteiger partial charge in [-0.2, -0.15) is 5.10 Å². The van der Waals surface area contributed by atoms with Crippen LogP contribution < -0.4 is 5.32 Å². The lowest BCUT2D eigenvalue weighted by molar-refractivity contribution is -0.131. The topological polar surface area (TPSA) is 111 Å². The van der Waals surface area contributed by atoms with E-state index in [0.717, 1.165) is 5.56 Å². The molecule has 9 nitrogen and oxygen atoms in total. The lowest BCUT2D eigenvalue weighted by Gasteiger charge is -2.34. The molecule has 3 aromatic rings. The number of hydrogen-bond acceptors (Lipinski definition) is 5. The van der Waals surface area contributed by atoms with Gasteiger partial charge >= 0.3 is 0 Å². The molecule has 158 valence electrons. The standard InChI is InChI=1S/C22H22N6O3/c29-20(15-24-21(30)17-4-2-1-3-5-17)27-10-12-28(13-11-27)22(31)19-14-18(25-26-19)16-6-8-23-9-7-16/h1-9,14H,10-13,15H2,(H,24,30)(H,25,26). The number of carbonyl (C=O) groups is 3. The van der Waals surface area contributed by atoms with Crippen LogP contribution >= 0.6 is 0 Å². The molecule has 1 fully saturated rings. The summed E-state index contributed by atoms with van der Waals surface area (Å²) in [6, 6.07) is 14.1. The van der Waals surface area contributed by atoms with E-state index in [2.05, 4.69) is 20.5 Å². The van der Waals surface area contributed by atoms with E-state index in [4.69, 9.17) is 0 Å². The molecule has 1 aliphatic heterocycles. The summed E-state index contributed by atoms with van der Waals surface area (Å²) in [5, 5.41) is 9.65. The van der Waals surface area contributed by atoms with Crippen molar-refractivity contribution in [3.63, 3.8) is 0 Å². The summed E-state index contributed by atoms with van der Waals surface area (Å²) in [6.45, 7) is 1.59.